The molecule has 0 amide bonds. The van der Waals surface area contributed by atoms with E-state index in [1.165, 1.54) is 0 Å². The van der Waals surface area contributed by atoms with Crippen LogP contribution < -0.4 is 20.1 Å². The number of aromatic nitrogens is 1. The highest BCUT2D eigenvalue weighted by atomic mass is 16.5. The van der Waals surface area contributed by atoms with Crippen LogP contribution in [0.2, 0.25) is 0 Å². The summed E-state index contributed by atoms with van der Waals surface area (Å²) in [6.45, 7) is 1.89. The third-order valence-corrected chi connectivity index (χ3v) is 4.09. The molecule has 5 nitrogen and oxygen atoms in total. The lowest BCUT2D eigenvalue weighted by molar-refractivity contribution is 0.356. The second kappa shape index (κ2) is 5.77. The van der Waals surface area contributed by atoms with Crippen LogP contribution in [0, 0.1) is 0 Å². The molecule has 0 atom stereocenters. The number of fused-ring (bicyclic) bond motifs is 1. The first-order chi connectivity index (χ1) is 10.2. The smallest absolute Gasteiger partial charge is 0.161 e. The molecule has 2 aromatic rings. The van der Waals surface area contributed by atoms with Crippen molar-refractivity contribution in [2.45, 2.75) is 18.9 Å². The fourth-order valence-electron chi connectivity index (χ4n) is 2.85. The molecule has 0 unspecified atom stereocenters. The van der Waals surface area contributed by atoms with Gasteiger partial charge >= 0.3 is 0 Å². The average Bonchev–Trinajstić information content (AvgIpc) is 2.53. The Labute approximate surface area is 124 Å². The van der Waals surface area contributed by atoms with E-state index in [2.05, 4.69) is 9.88 Å². The van der Waals surface area contributed by atoms with Gasteiger partial charge in [-0.25, -0.2) is 4.98 Å². The second-order valence-electron chi connectivity index (χ2n) is 5.39. The number of pyridine rings is 1. The second-order valence-corrected chi connectivity index (χ2v) is 5.39. The molecule has 5 heteroatoms. The largest absolute Gasteiger partial charge is 0.493 e. The lowest BCUT2D eigenvalue weighted by Crippen LogP contribution is -2.40. The van der Waals surface area contributed by atoms with Crippen molar-refractivity contribution in [2.75, 3.05) is 32.2 Å². The van der Waals surface area contributed by atoms with E-state index in [0.29, 0.717) is 6.04 Å². The molecule has 1 aliphatic heterocycles. The number of methoxy groups -OCH3 is 2. The summed E-state index contributed by atoms with van der Waals surface area (Å²) in [6, 6.07) is 6.31. The minimum Gasteiger partial charge on any atom is -0.493 e. The maximum atomic E-state index is 5.99. The van der Waals surface area contributed by atoms with Gasteiger partial charge < -0.3 is 20.1 Å². The minimum atomic E-state index is 0.311. The lowest BCUT2D eigenvalue weighted by atomic mass is 10.0. The Hall–Kier alpha value is -2.01. The predicted octanol–water partition coefficient (Wildman–Crippen LogP) is 2.18. The molecule has 21 heavy (non-hydrogen) atoms. The Kier molecular flexibility index (Phi) is 3.84. The molecule has 1 aromatic carbocycles. The number of nitrogens with two attached hydrogens (primary N) is 1. The molecule has 0 saturated carbocycles. The zero-order chi connectivity index (χ0) is 14.8. The average molecular weight is 287 g/mol. The zero-order valence-electron chi connectivity index (χ0n) is 12.5. The number of rotatable bonds is 3. The minimum absolute atomic E-state index is 0.311. The van der Waals surface area contributed by atoms with Gasteiger partial charge in [-0.05, 0) is 36.4 Å². The SMILES string of the molecule is COc1cc2ccnc(N3CCC(N)CC3)c2cc1OC. The first-order valence-corrected chi connectivity index (χ1v) is 7.24. The van der Waals surface area contributed by atoms with E-state index in [-0.39, 0.29) is 0 Å². The van der Waals surface area contributed by atoms with E-state index >= 15 is 0 Å². The van der Waals surface area contributed by atoms with Gasteiger partial charge in [-0.1, -0.05) is 0 Å². The molecule has 2 heterocycles. The summed E-state index contributed by atoms with van der Waals surface area (Å²) in [5, 5.41) is 2.19. The number of anilines is 1. The zero-order valence-corrected chi connectivity index (χ0v) is 12.5. The van der Waals surface area contributed by atoms with Gasteiger partial charge in [0.2, 0.25) is 0 Å². The molecule has 3 rings (SSSR count). The summed E-state index contributed by atoms with van der Waals surface area (Å²) >= 11 is 0. The van der Waals surface area contributed by atoms with Crippen molar-refractivity contribution in [1.82, 2.24) is 4.98 Å². The highest BCUT2D eigenvalue weighted by Gasteiger charge is 2.20. The first kappa shape index (κ1) is 13.9. The van der Waals surface area contributed by atoms with Crippen molar-refractivity contribution in [3.05, 3.63) is 24.4 Å². The molecule has 1 aliphatic rings. The molecular weight excluding hydrogens is 266 g/mol. The van der Waals surface area contributed by atoms with Gasteiger partial charge in [0.15, 0.2) is 11.5 Å². The van der Waals surface area contributed by atoms with E-state index in [4.69, 9.17) is 15.2 Å². The summed E-state index contributed by atoms with van der Waals surface area (Å²) in [5.74, 6) is 2.47. The van der Waals surface area contributed by atoms with Crippen molar-refractivity contribution < 1.29 is 9.47 Å². The maximum Gasteiger partial charge on any atom is 0.161 e. The van der Waals surface area contributed by atoms with Crippen LogP contribution in [0.15, 0.2) is 24.4 Å². The highest BCUT2D eigenvalue weighted by molar-refractivity contribution is 5.94. The normalized spacial score (nSPS) is 16.2. The van der Waals surface area contributed by atoms with Crippen molar-refractivity contribution >= 4 is 16.6 Å². The van der Waals surface area contributed by atoms with Crippen LogP contribution in [0.1, 0.15) is 12.8 Å². The van der Waals surface area contributed by atoms with Crippen LogP contribution in [0.4, 0.5) is 5.82 Å². The number of hydrogen-bond acceptors (Lipinski definition) is 5. The fraction of sp³-hybridized carbons (Fsp3) is 0.438. The number of ether oxygens (including phenoxy) is 2. The van der Waals surface area contributed by atoms with E-state index in [1.54, 1.807) is 14.2 Å². The van der Waals surface area contributed by atoms with Gasteiger partial charge in [-0.15, -0.1) is 0 Å². The Morgan fingerprint density at radius 3 is 2.48 bits per heavy atom. The standard InChI is InChI=1S/C16H21N3O2/c1-20-14-9-11-3-6-18-16(13(11)10-15(14)21-2)19-7-4-12(17)5-8-19/h3,6,9-10,12H,4-5,7-8,17H2,1-2H3. The Balaban J connectivity index is 2.06. The number of hydrogen-bond donors (Lipinski definition) is 1. The van der Waals surface area contributed by atoms with Crippen LogP contribution in [-0.2, 0) is 0 Å². The van der Waals surface area contributed by atoms with Gasteiger partial charge in [0, 0.05) is 30.7 Å². The number of benzene rings is 1. The van der Waals surface area contributed by atoms with Crippen LogP contribution in [-0.4, -0.2) is 38.3 Å². The number of nitrogens with zero attached hydrogens (tertiary/aromatic N) is 2. The van der Waals surface area contributed by atoms with E-state index in [0.717, 1.165) is 54.0 Å². The van der Waals surface area contributed by atoms with Crippen molar-refractivity contribution in [2.24, 2.45) is 5.73 Å². The fourth-order valence-corrected chi connectivity index (χ4v) is 2.85. The summed E-state index contributed by atoms with van der Waals surface area (Å²) in [5.41, 5.74) is 5.99. The van der Waals surface area contributed by atoms with Crippen molar-refractivity contribution in [3.63, 3.8) is 0 Å². The van der Waals surface area contributed by atoms with Gasteiger partial charge in [-0.2, -0.15) is 0 Å². The molecule has 0 aliphatic carbocycles. The molecule has 1 saturated heterocycles. The Morgan fingerprint density at radius 2 is 1.81 bits per heavy atom. The van der Waals surface area contributed by atoms with Crippen LogP contribution in [0.25, 0.3) is 10.8 Å². The Bertz CT molecular complexity index is 637. The summed E-state index contributed by atoms with van der Waals surface area (Å²) in [4.78, 5) is 6.88. The third kappa shape index (κ3) is 2.61. The monoisotopic (exact) mass is 287 g/mol. The molecule has 112 valence electrons. The molecule has 0 bridgehead atoms. The van der Waals surface area contributed by atoms with Crippen LogP contribution in [0.5, 0.6) is 11.5 Å². The third-order valence-electron chi connectivity index (χ3n) is 4.09. The van der Waals surface area contributed by atoms with Gasteiger partial charge in [-0.3, -0.25) is 0 Å². The van der Waals surface area contributed by atoms with Gasteiger partial charge in [0.1, 0.15) is 5.82 Å². The molecular formula is C16H21N3O2. The number of piperidine rings is 1. The van der Waals surface area contributed by atoms with Crippen molar-refractivity contribution in [1.29, 1.82) is 0 Å². The summed E-state index contributed by atoms with van der Waals surface area (Å²) in [6.07, 6.45) is 3.86. The van der Waals surface area contributed by atoms with Gasteiger partial charge in [0.05, 0.1) is 14.2 Å². The molecule has 2 N–H and O–H groups in total. The molecule has 1 aromatic heterocycles. The summed E-state index contributed by atoms with van der Waals surface area (Å²) in [7, 11) is 3.30. The van der Waals surface area contributed by atoms with Crippen molar-refractivity contribution in [3.8, 4) is 11.5 Å². The molecule has 0 radical (unpaired) electrons. The topological polar surface area (TPSA) is 60.6 Å². The van der Waals surface area contributed by atoms with E-state index < -0.39 is 0 Å². The lowest BCUT2D eigenvalue weighted by Gasteiger charge is -2.31. The van der Waals surface area contributed by atoms with E-state index in [1.807, 2.05) is 24.4 Å². The Morgan fingerprint density at radius 1 is 1.14 bits per heavy atom. The van der Waals surface area contributed by atoms with Crippen LogP contribution in [0.3, 0.4) is 0 Å². The van der Waals surface area contributed by atoms with Gasteiger partial charge in [0.25, 0.3) is 0 Å². The van der Waals surface area contributed by atoms with E-state index in [9.17, 15) is 0 Å². The first-order valence-electron chi connectivity index (χ1n) is 7.24. The molecule has 0 spiro atoms. The quantitative estimate of drug-likeness (QED) is 0.937. The van der Waals surface area contributed by atoms with Crippen LogP contribution >= 0.6 is 0 Å². The highest BCUT2D eigenvalue weighted by Crippen LogP contribution is 2.36. The summed E-state index contributed by atoms with van der Waals surface area (Å²) < 4.78 is 10.8. The predicted molar refractivity (Wildman–Crippen MR) is 84.3 cm³/mol. The maximum absolute atomic E-state index is 5.99. The molecule has 1 fully saturated rings.